The fourth-order valence-electron chi connectivity index (χ4n) is 2.01. The SMILES string of the molecule is CCNc1cc(Nc2ccc(Br)cc2)nc(C2CC2)n1. The molecule has 0 saturated heterocycles. The third-order valence-corrected chi connectivity index (χ3v) is 3.69. The van der Waals surface area contributed by atoms with E-state index in [4.69, 9.17) is 0 Å². The van der Waals surface area contributed by atoms with Crippen LogP contribution >= 0.6 is 15.9 Å². The molecule has 0 bridgehead atoms. The van der Waals surface area contributed by atoms with E-state index in [0.717, 1.165) is 34.2 Å². The Hall–Kier alpha value is -1.62. The molecule has 20 heavy (non-hydrogen) atoms. The summed E-state index contributed by atoms with van der Waals surface area (Å²) in [6.07, 6.45) is 2.40. The number of nitrogens with one attached hydrogen (secondary N) is 2. The molecular formula is C15H17BrN4. The van der Waals surface area contributed by atoms with E-state index in [1.807, 2.05) is 30.3 Å². The standard InChI is InChI=1S/C15H17BrN4/c1-2-17-13-9-14(20-15(19-13)10-3-4-10)18-12-7-5-11(16)6-8-12/h5-10H,2-4H2,1H3,(H2,17,18,19,20). The van der Waals surface area contributed by atoms with E-state index < -0.39 is 0 Å². The number of benzene rings is 1. The minimum Gasteiger partial charge on any atom is -0.370 e. The Morgan fingerprint density at radius 1 is 1.15 bits per heavy atom. The predicted octanol–water partition coefficient (Wildman–Crippen LogP) is 4.29. The van der Waals surface area contributed by atoms with Crippen molar-refractivity contribution in [3.63, 3.8) is 0 Å². The number of anilines is 3. The summed E-state index contributed by atoms with van der Waals surface area (Å²) in [6.45, 7) is 2.93. The molecule has 1 saturated carbocycles. The quantitative estimate of drug-likeness (QED) is 0.857. The molecule has 3 rings (SSSR count). The lowest BCUT2D eigenvalue weighted by atomic mass is 10.3. The molecule has 1 aliphatic rings. The molecule has 1 aromatic carbocycles. The third kappa shape index (κ3) is 3.28. The van der Waals surface area contributed by atoms with E-state index in [-0.39, 0.29) is 0 Å². The van der Waals surface area contributed by atoms with Gasteiger partial charge in [0.05, 0.1) is 0 Å². The Labute approximate surface area is 127 Å². The first-order valence-electron chi connectivity index (χ1n) is 6.90. The summed E-state index contributed by atoms with van der Waals surface area (Å²) >= 11 is 3.44. The summed E-state index contributed by atoms with van der Waals surface area (Å²) in [4.78, 5) is 9.19. The molecule has 0 unspecified atom stereocenters. The first-order chi connectivity index (χ1) is 9.74. The van der Waals surface area contributed by atoms with Gasteiger partial charge in [0.2, 0.25) is 0 Å². The van der Waals surface area contributed by atoms with Crippen LogP contribution < -0.4 is 10.6 Å². The van der Waals surface area contributed by atoms with Crippen LogP contribution in [0.15, 0.2) is 34.8 Å². The molecule has 1 aromatic heterocycles. The van der Waals surface area contributed by atoms with Crippen LogP contribution in [-0.2, 0) is 0 Å². The Bertz CT molecular complexity index is 593. The van der Waals surface area contributed by atoms with E-state index in [1.165, 1.54) is 12.8 Å². The molecule has 0 spiro atoms. The van der Waals surface area contributed by atoms with Gasteiger partial charge in [-0.15, -0.1) is 0 Å². The average Bonchev–Trinajstić information content (AvgIpc) is 3.26. The van der Waals surface area contributed by atoms with Gasteiger partial charge in [-0.05, 0) is 44.0 Å². The van der Waals surface area contributed by atoms with Gasteiger partial charge in [0, 0.05) is 28.7 Å². The van der Waals surface area contributed by atoms with Gasteiger partial charge < -0.3 is 10.6 Å². The Kier molecular flexibility index (Phi) is 3.87. The molecule has 0 atom stereocenters. The number of hydrogen-bond acceptors (Lipinski definition) is 4. The predicted molar refractivity (Wildman–Crippen MR) is 85.6 cm³/mol. The van der Waals surface area contributed by atoms with Crippen molar-refractivity contribution < 1.29 is 0 Å². The van der Waals surface area contributed by atoms with Crippen molar-refractivity contribution in [2.75, 3.05) is 17.2 Å². The van der Waals surface area contributed by atoms with Gasteiger partial charge in [0.15, 0.2) is 0 Å². The maximum absolute atomic E-state index is 4.62. The van der Waals surface area contributed by atoms with Crippen LogP contribution in [0.4, 0.5) is 17.3 Å². The fraction of sp³-hybridized carbons (Fsp3) is 0.333. The molecule has 0 radical (unpaired) electrons. The van der Waals surface area contributed by atoms with Crippen LogP contribution in [0.5, 0.6) is 0 Å². The Morgan fingerprint density at radius 2 is 1.85 bits per heavy atom. The second-order valence-electron chi connectivity index (χ2n) is 4.93. The highest BCUT2D eigenvalue weighted by molar-refractivity contribution is 9.10. The van der Waals surface area contributed by atoms with Gasteiger partial charge in [-0.1, -0.05) is 15.9 Å². The van der Waals surface area contributed by atoms with Gasteiger partial charge in [-0.25, -0.2) is 9.97 Å². The van der Waals surface area contributed by atoms with Crippen molar-refractivity contribution in [1.82, 2.24) is 9.97 Å². The summed E-state index contributed by atoms with van der Waals surface area (Å²) in [5, 5.41) is 6.61. The smallest absolute Gasteiger partial charge is 0.136 e. The van der Waals surface area contributed by atoms with Crippen molar-refractivity contribution >= 4 is 33.3 Å². The zero-order chi connectivity index (χ0) is 13.9. The van der Waals surface area contributed by atoms with E-state index in [2.05, 4.69) is 43.5 Å². The maximum Gasteiger partial charge on any atom is 0.136 e. The second-order valence-corrected chi connectivity index (χ2v) is 5.85. The molecule has 2 aromatic rings. The second kappa shape index (κ2) is 5.79. The summed E-state index contributed by atoms with van der Waals surface area (Å²) in [6, 6.07) is 10.0. The monoisotopic (exact) mass is 332 g/mol. The first kappa shape index (κ1) is 13.4. The van der Waals surface area contributed by atoms with Crippen molar-refractivity contribution in [1.29, 1.82) is 0 Å². The number of rotatable bonds is 5. The van der Waals surface area contributed by atoms with Gasteiger partial charge in [-0.3, -0.25) is 0 Å². The van der Waals surface area contributed by atoms with Crippen molar-refractivity contribution in [2.45, 2.75) is 25.7 Å². The minimum atomic E-state index is 0.541. The molecular weight excluding hydrogens is 316 g/mol. The molecule has 1 fully saturated rings. The molecule has 1 aliphatic carbocycles. The van der Waals surface area contributed by atoms with Crippen LogP contribution in [0, 0.1) is 0 Å². The largest absolute Gasteiger partial charge is 0.370 e. The zero-order valence-corrected chi connectivity index (χ0v) is 12.9. The van der Waals surface area contributed by atoms with Crippen molar-refractivity contribution in [2.24, 2.45) is 0 Å². The topological polar surface area (TPSA) is 49.8 Å². The lowest BCUT2D eigenvalue weighted by Gasteiger charge is -2.10. The van der Waals surface area contributed by atoms with Gasteiger partial charge >= 0.3 is 0 Å². The highest BCUT2D eigenvalue weighted by atomic mass is 79.9. The molecule has 2 N–H and O–H groups in total. The summed E-state index contributed by atoms with van der Waals surface area (Å²) in [7, 11) is 0. The number of halogens is 1. The van der Waals surface area contributed by atoms with E-state index in [9.17, 15) is 0 Å². The van der Waals surface area contributed by atoms with E-state index >= 15 is 0 Å². The third-order valence-electron chi connectivity index (χ3n) is 3.16. The van der Waals surface area contributed by atoms with Crippen LogP contribution in [0.3, 0.4) is 0 Å². The normalized spacial score (nSPS) is 14.1. The Balaban J connectivity index is 1.85. The number of aromatic nitrogens is 2. The minimum absolute atomic E-state index is 0.541. The number of nitrogens with zero attached hydrogens (tertiary/aromatic N) is 2. The van der Waals surface area contributed by atoms with Crippen LogP contribution in [-0.4, -0.2) is 16.5 Å². The molecule has 0 amide bonds. The van der Waals surface area contributed by atoms with Crippen LogP contribution in [0.1, 0.15) is 31.5 Å². The first-order valence-corrected chi connectivity index (χ1v) is 7.69. The summed E-state index contributed by atoms with van der Waals surface area (Å²) < 4.78 is 1.07. The lowest BCUT2D eigenvalue weighted by molar-refractivity contribution is 0.927. The maximum atomic E-state index is 4.62. The van der Waals surface area contributed by atoms with E-state index in [0.29, 0.717) is 5.92 Å². The van der Waals surface area contributed by atoms with Gasteiger partial charge in [0.1, 0.15) is 17.5 Å². The highest BCUT2D eigenvalue weighted by Gasteiger charge is 2.27. The zero-order valence-electron chi connectivity index (χ0n) is 11.4. The van der Waals surface area contributed by atoms with Crippen LogP contribution in [0.25, 0.3) is 0 Å². The molecule has 104 valence electrons. The molecule has 0 aliphatic heterocycles. The fourth-order valence-corrected chi connectivity index (χ4v) is 2.27. The van der Waals surface area contributed by atoms with E-state index in [1.54, 1.807) is 0 Å². The van der Waals surface area contributed by atoms with Gasteiger partial charge in [-0.2, -0.15) is 0 Å². The Morgan fingerprint density at radius 3 is 2.50 bits per heavy atom. The van der Waals surface area contributed by atoms with Crippen LogP contribution in [0.2, 0.25) is 0 Å². The highest BCUT2D eigenvalue weighted by Crippen LogP contribution is 2.39. The summed E-state index contributed by atoms with van der Waals surface area (Å²) in [5.74, 6) is 3.23. The number of hydrogen-bond donors (Lipinski definition) is 2. The molecule has 1 heterocycles. The molecule has 4 nitrogen and oxygen atoms in total. The van der Waals surface area contributed by atoms with Crippen molar-refractivity contribution in [3.05, 3.63) is 40.6 Å². The summed E-state index contributed by atoms with van der Waals surface area (Å²) in [5.41, 5.74) is 1.02. The lowest BCUT2D eigenvalue weighted by Crippen LogP contribution is -2.05. The average molecular weight is 333 g/mol. The van der Waals surface area contributed by atoms with Crippen molar-refractivity contribution in [3.8, 4) is 0 Å². The molecule has 5 heteroatoms. The van der Waals surface area contributed by atoms with Gasteiger partial charge in [0.25, 0.3) is 0 Å².